The SMILES string of the molecule is COC(=O)CCN(CCCN1CCN(CCCN(CCC(=O)OOI)CCC(=O)OOI)CC1)CCC(=O)OC. The van der Waals surface area contributed by atoms with Crippen LogP contribution in [0.15, 0.2) is 0 Å². The smallest absolute Gasteiger partial charge is 0.344 e. The van der Waals surface area contributed by atoms with Crippen molar-refractivity contribution in [1.82, 2.24) is 19.6 Å². The molecule has 0 spiro atoms. The number of halogens is 2. The minimum absolute atomic E-state index is 0.155. The van der Waals surface area contributed by atoms with Gasteiger partial charge in [0.25, 0.3) is 0 Å². The Morgan fingerprint density at radius 3 is 1.20 bits per heavy atom. The minimum Gasteiger partial charge on any atom is -0.469 e. The summed E-state index contributed by atoms with van der Waals surface area (Å²) in [5.41, 5.74) is 0. The molecule has 0 aromatic heterocycles. The Kier molecular flexibility index (Phi) is 21.9. The predicted octanol–water partition coefficient (Wildman–Crippen LogP) is 1.54. The van der Waals surface area contributed by atoms with Crippen molar-refractivity contribution < 1.29 is 44.9 Å². The average Bonchev–Trinajstić information content (AvgIpc) is 2.95. The summed E-state index contributed by atoms with van der Waals surface area (Å²) in [6, 6.07) is 0. The zero-order chi connectivity index (χ0) is 29.6. The average molecular weight is 800 g/mol. The molecule has 0 aromatic carbocycles. The number of nitrogens with zero attached hydrogens (tertiary/aromatic N) is 4. The Hall–Kier alpha value is -0.900. The summed E-state index contributed by atoms with van der Waals surface area (Å²) in [7, 11) is 2.75. The van der Waals surface area contributed by atoms with E-state index >= 15 is 0 Å². The van der Waals surface area contributed by atoms with E-state index in [4.69, 9.17) is 9.47 Å². The summed E-state index contributed by atoms with van der Waals surface area (Å²) in [6.07, 6.45) is 2.73. The van der Waals surface area contributed by atoms with Crippen molar-refractivity contribution in [3.8, 4) is 0 Å². The van der Waals surface area contributed by atoms with Gasteiger partial charge in [-0.25, -0.2) is 9.59 Å². The number of rotatable bonds is 22. The summed E-state index contributed by atoms with van der Waals surface area (Å²) >= 11 is 2.98. The van der Waals surface area contributed by atoms with Crippen molar-refractivity contribution in [1.29, 1.82) is 0 Å². The fourth-order valence-electron chi connectivity index (χ4n) is 4.30. The highest BCUT2D eigenvalue weighted by atomic mass is 127. The number of methoxy groups -OCH3 is 2. The van der Waals surface area contributed by atoms with Crippen molar-refractivity contribution in [2.24, 2.45) is 0 Å². The molecule has 16 heteroatoms. The minimum atomic E-state index is -0.469. The van der Waals surface area contributed by atoms with Crippen LogP contribution in [0.1, 0.15) is 38.5 Å². The van der Waals surface area contributed by atoms with Crippen LogP contribution >= 0.6 is 46.0 Å². The number of ether oxygens (including phenoxy) is 2. The lowest BCUT2D eigenvalue weighted by Gasteiger charge is -2.35. The lowest BCUT2D eigenvalue weighted by Crippen LogP contribution is -2.47. The van der Waals surface area contributed by atoms with Crippen molar-refractivity contribution in [3.63, 3.8) is 0 Å². The molecule has 0 radical (unpaired) electrons. The zero-order valence-electron chi connectivity index (χ0n) is 23.4. The van der Waals surface area contributed by atoms with Gasteiger partial charge in [-0.15, -0.1) is 6.43 Å². The van der Waals surface area contributed by atoms with Gasteiger partial charge in [0.05, 0.1) is 39.9 Å². The lowest BCUT2D eigenvalue weighted by molar-refractivity contribution is -0.196. The van der Waals surface area contributed by atoms with E-state index in [2.05, 4.69) is 30.9 Å². The molecule has 1 saturated heterocycles. The number of piperazine rings is 1. The highest BCUT2D eigenvalue weighted by molar-refractivity contribution is 14.1. The molecule has 0 bridgehead atoms. The van der Waals surface area contributed by atoms with Crippen molar-refractivity contribution in [3.05, 3.63) is 0 Å². The van der Waals surface area contributed by atoms with Crippen LogP contribution < -0.4 is 0 Å². The van der Waals surface area contributed by atoms with Crippen molar-refractivity contribution >= 4 is 69.9 Å². The fourth-order valence-corrected chi connectivity index (χ4v) is 4.70. The first-order valence-corrected chi connectivity index (χ1v) is 15.1. The van der Waals surface area contributed by atoms with Gasteiger partial charge < -0.3 is 29.1 Å². The largest absolute Gasteiger partial charge is 0.469 e. The van der Waals surface area contributed by atoms with E-state index in [0.717, 1.165) is 65.2 Å². The van der Waals surface area contributed by atoms with Gasteiger partial charge in [-0.3, -0.25) is 19.4 Å². The second-order valence-electron chi connectivity index (χ2n) is 9.26. The third-order valence-electron chi connectivity index (χ3n) is 6.60. The molecule has 40 heavy (non-hydrogen) atoms. The molecule has 0 N–H and O–H groups in total. The maximum atomic E-state index is 11.7. The fraction of sp³-hybridized carbons (Fsp3) is 0.833. The first kappa shape index (κ1) is 37.1. The predicted molar refractivity (Wildman–Crippen MR) is 160 cm³/mol. The molecule has 0 aromatic rings. The monoisotopic (exact) mass is 800 g/mol. The van der Waals surface area contributed by atoms with Crippen LogP contribution in [0.25, 0.3) is 0 Å². The Labute approximate surface area is 264 Å². The van der Waals surface area contributed by atoms with E-state index in [9.17, 15) is 19.2 Å². The van der Waals surface area contributed by atoms with E-state index in [-0.39, 0.29) is 24.8 Å². The highest BCUT2D eigenvalue weighted by Crippen LogP contribution is 2.07. The van der Waals surface area contributed by atoms with Crippen molar-refractivity contribution in [2.75, 3.05) is 92.8 Å². The summed E-state index contributed by atoms with van der Waals surface area (Å²) in [6.45, 7) is 9.25. The summed E-state index contributed by atoms with van der Waals surface area (Å²) in [5.74, 6) is -1.46. The van der Waals surface area contributed by atoms with E-state index in [1.54, 1.807) is 0 Å². The number of hydrogen-bond acceptors (Lipinski definition) is 14. The van der Waals surface area contributed by atoms with Gasteiger partial charge in [-0.2, -0.15) is 0 Å². The maximum Gasteiger partial charge on any atom is 0.344 e. The lowest BCUT2D eigenvalue weighted by atomic mass is 10.2. The topological polar surface area (TPSA) is 137 Å². The molecule has 1 rings (SSSR count). The van der Waals surface area contributed by atoms with Crippen LogP contribution in [-0.2, 0) is 44.9 Å². The van der Waals surface area contributed by atoms with Crippen LogP contribution in [0.4, 0.5) is 0 Å². The third kappa shape index (κ3) is 18.5. The molecule has 232 valence electrons. The summed E-state index contributed by atoms with van der Waals surface area (Å²) in [5, 5.41) is 0. The molecule has 1 aliphatic heterocycles. The number of esters is 2. The van der Waals surface area contributed by atoms with Crippen LogP contribution in [0, 0.1) is 0 Å². The van der Waals surface area contributed by atoms with Gasteiger partial charge >= 0.3 is 23.9 Å². The van der Waals surface area contributed by atoms with Gasteiger partial charge in [0.2, 0.25) is 0 Å². The van der Waals surface area contributed by atoms with E-state index in [0.29, 0.717) is 39.0 Å². The highest BCUT2D eigenvalue weighted by Gasteiger charge is 2.19. The number of carbonyl (C=O) groups excluding carboxylic acids is 4. The molecule has 0 amide bonds. The molecule has 0 saturated carbocycles. The molecule has 1 fully saturated rings. The zero-order valence-corrected chi connectivity index (χ0v) is 27.7. The first-order chi connectivity index (χ1) is 19.3. The molecule has 0 unspecified atom stereocenters. The standard InChI is InChI=1S/C24H42I2N4O10/c1-35-21(31)5-13-27(14-6-22(32)36-2)9-3-11-29-17-19-30(20-18-29)12-4-10-28(15-7-23(33)37-39-25)16-8-24(34)38-40-26/h3-20H2,1-2H3. The molecular weight excluding hydrogens is 758 g/mol. The quantitative estimate of drug-likeness (QED) is 0.0678. The maximum absolute atomic E-state index is 11.7. The number of hydrogen-bond donors (Lipinski definition) is 0. The van der Waals surface area contributed by atoms with Crippen molar-refractivity contribution in [2.45, 2.75) is 38.5 Å². The Bertz CT molecular complexity index is 702. The molecule has 0 atom stereocenters. The Morgan fingerprint density at radius 1 is 0.575 bits per heavy atom. The van der Waals surface area contributed by atoms with Crippen LogP contribution in [0.5, 0.6) is 0 Å². The van der Waals surface area contributed by atoms with Crippen LogP contribution in [0.2, 0.25) is 0 Å². The Morgan fingerprint density at radius 2 is 0.900 bits per heavy atom. The second-order valence-corrected chi connectivity index (χ2v) is 9.98. The van der Waals surface area contributed by atoms with E-state index in [1.165, 1.54) is 60.2 Å². The summed E-state index contributed by atoms with van der Waals surface area (Å²) < 4.78 is 18.2. The van der Waals surface area contributed by atoms with Crippen LogP contribution in [-0.4, -0.2) is 136 Å². The molecule has 14 nitrogen and oxygen atoms in total. The number of carbonyl (C=O) groups is 4. The first-order valence-electron chi connectivity index (χ1n) is 13.3. The molecule has 0 aliphatic carbocycles. The van der Waals surface area contributed by atoms with E-state index in [1.807, 2.05) is 4.90 Å². The van der Waals surface area contributed by atoms with Gasteiger partial charge in [0, 0.05) is 52.4 Å². The summed E-state index contributed by atoms with van der Waals surface area (Å²) in [4.78, 5) is 64.4. The van der Waals surface area contributed by atoms with E-state index < -0.39 is 11.9 Å². The molecular formula is C24H42I2N4O10. The van der Waals surface area contributed by atoms with Gasteiger partial charge in [0.15, 0.2) is 46.0 Å². The van der Waals surface area contributed by atoms with Gasteiger partial charge in [-0.05, 0) is 39.0 Å². The molecule has 1 heterocycles. The Balaban J connectivity index is 2.36. The normalized spacial score (nSPS) is 14.3. The third-order valence-corrected chi connectivity index (χ3v) is 6.95. The molecule has 1 aliphatic rings. The second kappa shape index (κ2) is 23.6. The van der Waals surface area contributed by atoms with Crippen LogP contribution in [0.3, 0.4) is 0 Å². The van der Waals surface area contributed by atoms with Gasteiger partial charge in [-0.1, -0.05) is 0 Å². The van der Waals surface area contributed by atoms with Gasteiger partial charge in [0.1, 0.15) is 0 Å².